The fourth-order valence-electron chi connectivity index (χ4n) is 3.45. The number of Topliss-reactive ketones (excluding diaryl/α,β-unsaturated/α-hetero) is 1. The van der Waals surface area contributed by atoms with Crippen LogP contribution in [0.4, 0.5) is 0 Å². The Balaban J connectivity index is 1.53. The van der Waals surface area contributed by atoms with Gasteiger partial charge in [0.05, 0.1) is 11.8 Å². The standard InChI is InChI=1S/C17H19NO3/c19-15(12-6-2-1-3-7-12)10-5-11-18-16(20)13-8-4-9-14(13)17(18)21/h1-3,6-7,13-14H,4-5,8-11H2. The van der Waals surface area contributed by atoms with Crippen molar-refractivity contribution in [2.75, 3.05) is 6.54 Å². The molecule has 1 aromatic carbocycles. The highest BCUT2D eigenvalue weighted by atomic mass is 16.2. The highest BCUT2D eigenvalue weighted by molar-refractivity contribution is 6.05. The van der Waals surface area contributed by atoms with E-state index in [-0.39, 0.29) is 29.4 Å². The van der Waals surface area contributed by atoms with Crippen LogP contribution in [0.15, 0.2) is 30.3 Å². The molecule has 0 radical (unpaired) electrons. The van der Waals surface area contributed by atoms with Gasteiger partial charge in [0.15, 0.2) is 5.78 Å². The molecular formula is C17H19NO3. The second-order valence-electron chi connectivity index (χ2n) is 5.86. The van der Waals surface area contributed by atoms with Gasteiger partial charge in [-0.3, -0.25) is 19.3 Å². The van der Waals surface area contributed by atoms with Crippen molar-refractivity contribution < 1.29 is 14.4 Å². The van der Waals surface area contributed by atoms with Crippen LogP contribution in [-0.2, 0) is 9.59 Å². The molecular weight excluding hydrogens is 266 g/mol. The Morgan fingerprint density at radius 2 is 1.67 bits per heavy atom. The summed E-state index contributed by atoms with van der Waals surface area (Å²) in [4.78, 5) is 37.7. The molecule has 2 amide bonds. The van der Waals surface area contributed by atoms with Crippen LogP contribution in [0.3, 0.4) is 0 Å². The van der Waals surface area contributed by atoms with Gasteiger partial charge in [0.25, 0.3) is 0 Å². The molecule has 2 atom stereocenters. The van der Waals surface area contributed by atoms with Crippen molar-refractivity contribution in [3.05, 3.63) is 35.9 Å². The van der Waals surface area contributed by atoms with Gasteiger partial charge in [-0.15, -0.1) is 0 Å². The molecule has 4 nitrogen and oxygen atoms in total. The zero-order valence-corrected chi connectivity index (χ0v) is 12.0. The fourth-order valence-corrected chi connectivity index (χ4v) is 3.45. The average molecular weight is 285 g/mol. The number of hydrogen-bond donors (Lipinski definition) is 0. The van der Waals surface area contributed by atoms with Gasteiger partial charge in [-0.2, -0.15) is 0 Å². The van der Waals surface area contributed by atoms with Crippen molar-refractivity contribution in [3.8, 4) is 0 Å². The molecule has 1 aliphatic heterocycles. The number of hydrogen-bond acceptors (Lipinski definition) is 3. The number of carbonyl (C=O) groups is 3. The molecule has 2 fully saturated rings. The number of rotatable bonds is 5. The maximum atomic E-state index is 12.2. The Morgan fingerprint density at radius 1 is 1.05 bits per heavy atom. The lowest BCUT2D eigenvalue weighted by atomic mass is 10.00. The van der Waals surface area contributed by atoms with E-state index in [9.17, 15) is 14.4 Å². The van der Waals surface area contributed by atoms with Crippen LogP contribution in [0.5, 0.6) is 0 Å². The summed E-state index contributed by atoms with van der Waals surface area (Å²) in [6.45, 7) is 0.378. The number of imide groups is 1. The minimum absolute atomic E-state index is 0.0188. The summed E-state index contributed by atoms with van der Waals surface area (Å²) < 4.78 is 0. The molecule has 0 N–H and O–H groups in total. The second-order valence-corrected chi connectivity index (χ2v) is 5.86. The van der Waals surface area contributed by atoms with Gasteiger partial charge in [-0.1, -0.05) is 36.8 Å². The van der Waals surface area contributed by atoms with Gasteiger partial charge in [-0.25, -0.2) is 0 Å². The quantitative estimate of drug-likeness (QED) is 0.617. The zero-order valence-electron chi connectivity index (χ0n) is 12.0. The highest BCUT2D eigenvalue weighted by Crippen LogP contribution is 2.39. The number of fused-ring (bicyclic) bond motifs is 1. The summed E-state index contributed by atoms with van der Waals surface area (Å²) >= 11 is 0. The lowest BCUT2D eigenvalue weighted by molar-refractivity contribution is -0.140. The summed E-state index contributed by atoms with van der Waals surface area (Å²) in [7, 11) is 0. The van der Waals surface area contributed by atoms with E-state index in [4.69, 9.17) is 0 Å². The van der Waals surface area contributed by atoms with Crippen LogP contribution in [0.2, 0.25) is 0 Å². The average Bonchev–Trinajstić information content (AvgIpc) is 3.07. The summed E-state index contributed by atoms with van der Waals surface area (Å²) in [6.07, 6.45) is 3.58. The molecule has 110 valence electrons. The maximum absolute atomic E-state index is 12.2. The van der Waals surface area contributed by atoms with Crippen LogP contribution in [0.1, 0.15) is 42.5 Å². The van der Waals surface area contributed by atoms with Crippen molar-refractivity contribution in [2.45, 2.75) is 32.1 Å². The largest absolute Gasteiger partial charge is 0.294 e. The molecule has 2 unspecified atom stereocenters. The number of likely N-dealkylation sites (tertiary alicyclic amines) is 1. The molecule has 1 saturated carbocycles. The van der Waals surface area contributed by atoms with Crippen LogP contribution in [0, 0.1) is 11.8 Å². The first kappa shape index (κ1) is 14.0. The monoisotopic (exact) mass is 285 g/mol. The zero-order chi connectivity index (χ0) is 14.8. The summed E-state index contributed by atoms with van der Waals surface area (Å²) in [5, 5.41) is 0. The van der Waals surface area contributed by atoms with E-state index in [1.807, 2.05) is 18.2 Å². The van der Waals surface area contributed by atoms with Crippen molar-refractivity contribution >= 4 is 17.6 Å². The van der Waals surface area contributed by atoms with Crippen molar-refractivity contribution in [1.29, 1.82) is 0 Å². The van der Waals surface area contributed by atoms with Gasteiger partial charge in [-0.05, 0) is 19.3 Å². The molecule has 1 aromatic rings. The molecule has 0 bridgehead atoms. The predicted octanol–water partition coefficient (Wildman–Crippen LogP) is 2.43. The SMILES string of the molecule is O=C(CCCN1C(=O)C2CCCC2C1=O)c1ccccc1. The molecule has 3 rings (SSSR count). The topological polar surface area (TPSA) is 54.5 Å². The van der Waals surface area contributed by atoms with Crippen LogP contribution >= 0.6 is 0 Å². The summed E-state index contributed by atoms with van der Waals surface area (Å²) in [6, 6.07) is 9.12. The number of ketones is 1. The van der Waals surface area contributed by atoms with Gasteiger partial charge in [0.1, 0.15) is 0 Å². The molecule has 0 aromatic heterocycles. The Morgan fingerprint density at radius 3 is 2.29 bits per heavy atom. The first-order chi connectivity index (χ1) is 10.2. The van der Waals surface area contributed by atoms with Crippen LogP contribution in [-0.4, -0.2) is 29.0 Å². The van der Waals surface area contributed by atoms with E-state index in [0.29, 0.717) is 24.9 Å². The Bertz CT molecular complexity index is 545. The second kappa shape index (κ2) is 5.80. The van der Waals surface area contributed by atoms with Gasteiger partial charge < -0.3 is 0 Å². The van der Waals surface area contributed by atoms with Gasteiger partial charge in [0.2, 0.25) is 11.8 Å². The Kier molecular flexibility index (Phi) is 3.86. The maximum Gasteiger partial charge on any atom is 0.233 e. The molecule has 1 aliphatic carbocycles. The third-order valence-electron chi connectivity index (χ3n) is 4.56. The van der Waals surface area contributed by atoms with E-state index in [1.165, 1.54) is 4.90 Å². The van der Waals surface area contributed by atoms with Crippen LogP contribution in [0.25, 0.3) is 0 Å². The number of nitrogens with zero attached hydrogens (tertiary/aromatic N) is 1. The van der Waals surface area contributed by atoms with E-state index in [0.717, 1.165) is 19.3 Å². The van der Waals surface area contributed by atoms with Crippen molar-refractivity contribution in [3.63, 3.8) is 0 Å². The lowest BCUT2D eigenvalue weighted by Gasteiger charge is -2.15. The summed E-state index contributed by atoms with van der Waals surface area (Å²) in [5.74, 6) is -0.135. The first-order valence-corrected chi connectivity index (χ1v) is 7.62. The van der Waals surface area contributed by atoms with Gasteiger partial charge in [0, 0.05) is 18.5 Å². The number of carbonyl (C=O) groups excluding carboxylic acids is 3. The van der Waals surface area contributed by atoms with Crippen molar-refractivity contribution in [1.82, 2.24) is 4.90 Å². The van der Waals surface area contributed by atoms with Gasteiger partial charge >= 0.3 is 0 Å². The third-order valence-corrected chi connectivity index (χ3v) is 4.56. The molecule has 21 heavy (non-hydrogen) atoms. The van der Waals surface area contributed by atoms with E-state index in [1.54, 1.807) is 12.1 Å². The lowest BCUT2D eigenvalue weighted by Crippen LogP contribution is -2.32. The normalized spacial score (nSPS) is 24.5. The van der Waals surface area contributed by atoms with E-state index >= 15 is 0 Å². The molecule has 2 aliphatic rings. The van der Waals surface area contributed by atoms with Crippen molar-refractivity contribution in [2.24, 2.45) is 11.8 Å². The number of amides is 2. The molecule has 4 heteroatoms. The Labute approximate surface area is 124 Å². The summed E-state index contributed by atoms with van der Waals surface area (Å²) in [5.41, 5.74) is 0.688. The minimum Gasteiger partial charge on any atom is -0.294 e. The van der Waals surface area contributed by atoms with Crippen LogP contribution < -0.4 is 0 Å². The third kappa shape index (κ3) is 2.62. The van der Waals surface area contributed by atoms with E-state index < -0.39 is 0 Å². The number of benzene rings is 1. The fraction of sp³-hybridized carbons (Fsp3) is 0.471. The highest BCUT2D eigenvalue weighted by Gasteiger charge is 2.49. The molecule has 0 spiro atoms. The molecule has 1 heterocycles. The predicted molar refractivity (Wildman–Crippen MR) is 77.6 cm³/mol. The minimum atomic E-state index is -0.0812. The van der Waals surface area contributed by atoms with E-state index in [2.05, 4.69) is 0 Å². The Hall–Kier alpha value is -1.97. The molecule has 1 saturated heterocycles. The first-order valence-electron chi connectivity index (χ1n) is 7.62. The smallest absolute Gasteiger partial charge is 0.233 e.